The van der Waals surface area contributed by atoms with E-state index in [-0.39, 0.29) is 5.41 Å². The maximum Gasteiger partial charge on any atom is 0.0946 e. The SMILES string of the molecule is CCCCCCSC(COCc1ccc(C(C)(C)C)cc1)Cn1ccnc1. The number of nitrogens with zero attached hydrogens (tertiary/aromatic N) is 2. The van der Waals surface area contributed by atoms with Gasteiger partial charge in [-0.05, 0) is 28.7 Å². The second kappa shape index (κ2) is 11.6. The van der Waals surface area contributed by atoms with Crippen molar-refractivity contribution < 1.29 is 4.74 Å². The highest BCUT2D eigenvalue weighted by molar-refractivity contribution is 7.99. The van der Waals surface area contributed by atoms with Gasteiger partial charge in [-0.25, -0.2) is 4.98 Å². The Morgan fingerprint density at radius 3 is 2.52 bits per heavy atom. The Hall–Kier alpha value is -1.26. The fraction of sp³-hybridized carbons (Fsp3) is 0.609. The smallest absolute Gasteiger partial charge is 0.0946 e. The Kier molecular flexibility index (Phi) is 9.43. The van der Waals surface area contributed by atoms with E-state index in [1.54, 1.807) is 0 Å². The summed E-state index contributed by atoms with van der Waals surface area (Å²) in [5.74, 6) is 1.21. The molecule has 0 amide bonds. The molecule has 0 fully saturated rings. The second-order valence-corrected chi connectivity index (χ2v) is 9.68. The highest BCUT2D eigenvalue weighted by Gasteiger charge is 2.13. The van der Waals surface area contributed by atoms with Gasteiger partial charge in [-0.3, -0.25) is 0 Å². The molecule has 1 atom stereocenters. The molecule has 0 aliphatic carbocycles. The van der Waals surface area contributed by atoms with E-state index in [2.05, 4.69) is 61.5 Å². The molecule has 0 saturated carbocycles. The van der Waals surface area contributed by atoms with Gasteiger partial charge >= 0.3 is 0 Å². The molecule has 1 aromatic heterocycles. The lowest BCUT2D eigenvalue weighted by Crippen LogP contribution is -2.19. The summed E-state index contributed by atoms with van der Waals surface area (Å²) in [7, 11) is 0. The Bertz CT molecular complexity index is 617. The molecule has 3 nitrogen and oxygen atoms in total. The summed E-state index contributed by atoms with van der Waals surface area (Å²) < 4.78 is 8.24. The van der Waals surface area contributed by atoms with Crippen molar-refractivity contribution in [3.63, 3.8) is 0 Å². The van der Waals surface area contributed by atoms with Crippen LogP contribution >= 0.6 is 11.8 Å². The average Bonchev–Trinajstić information content (AvgIpc) is 3.14. The van der Waals surface area contributed by atoms with Gasteiger partial charge in [0, 0.05) is 24.2 Å². The lowest BCUT2D eigenvalue weighted by atomic mass is 9.87. The first-order valence-corrected chi connectivity index (χ1v) is 11.3. The minimum Gasteiger partial charge on any atom is -0.376 e. The maximum atomic E-state index is 6.08. The van der Waals surface area contributed by atoms with Crippen molar-refractivity contribution in [3.05, 3.63) is 54.1 Å². The molecule has 1 aromatic carbocycles. The third-order valence-corrected chi connectivity index (χ3v) is 6.00. The lowest BCUT2D eigenvalue weighted by molar-refractivity contribution is 0.119. The summed E-state index contributed by atoms with van der Waals surface area (Å²) >= 11 is 2.04. The van der Waals surface area contributed by atoms with Gasteiger partial charge in [0.15, 0.2) is 0 Å². The van der Waals surface area contributed by atoms with Crippen LogP contribution in [-0.4, -0.2) is 27.2 Å². The monoisotopic (exact) mass is 388 g/mol. The van der Waals surface area contributed by atoms with Crippen LogP contribution in [0.25, 0.3) is 0 Å². The van der Waals surface area contributed by atoms with E-state index in [1.807, 2.05) is 30.5 Å². The third-order valence-electron chi connectivity index (χ3n) is 4.72. The van der Waals surface area contributed by atoms with E-state index in [9.17, 15) is 0 Å². The molecule has 0 bridgehead atoms. The Morgan fingerprint density at radius 1 is 1.11 bits per heavy atom. The van der Waals surface area contributed by atoms with Crippen LogP contribution in [0.15, 0.2) is 43.0 Å². The molecule has 27 heavy (non-hydrogen) atoms. The molecule has 0 aliphatic heterocycles. The highest BCUT2D eigenvalue weighted by Crippen LogP contribution is 2.22. The number of hydrogen-bond donors (Lipinski definition) is 0. The van der Waals surface area contributed by atoms with Crippen LogP contribution in [0.2, 0.25) is 0 Å². The molecular formula is C23H36N2OS. The zero-order valence-corrected chi connectivity index (χ0v) is 18.3. The number of rotatable bonds is 12. The van der Waals surface area contributed by atoms with Crippen molar-refractivity contribution in [1.29, 1.82) is 0 Å². The molecule has 4 heteroatoms. The van der Waals surface area contributed by atoms with E-state index in [0.717, 1.165) is 13.2 Å². The summed E-state index contributed by atoms with van der Waals surface area (Å²) in [6.45, 7) is 11.4. The first-order chi connectivity index (χ1) is 13.0. The largest absolute Gasteiger partial charge is 0.376 e. The second-order valence-electron chi connectivity index (χ2n) is 8.27. The molecular weight excluding hydrogens is 352 g/mol. The van der Waals surface area contributed by atoms with Crippen molar-refractivity contribution in [1.82, 2.24) is 9.55 Å². The molecule has 0 aliphatic rings. The van der Waals surface area contributed by atoms with Crippen molar-refractivity contribution in [2.45, 2.75) is 77.2 Å². The van der Waals surface area contributed by atoms with Crippen LogP contribution in [0.3, 0.4) is 0 Å². The van der Waals surface area contributed by atoms with E-state index in [0.29, 0.717) is 11.9 Å². The molecule has 0 saturated heterocycles. The molecule has 2 aromatic rings. The van der Waals surface area contributed by atoms with Gasteiger partial charge in [0.2, 0.25) is 0 Å². The highest BCUT2D eigenvalue weighted by atomic mass is 32.2. The standard InChI is InChI=1S/C23H36N2OS/c1-5-6-7-8-15-27-22(16-25-14-13-24-19-25)18-26-17-20-9-11-21(12-10-20)23(2,3)4/h9-14,19,22H,5-8,15-18H2,1-4H3. The average molecular weight is 389 g/mol. The van der Waals surface area contributed by atoms with Gasteiger partial charge in [0.25, 0.3) is 0 Å². The molecule has 0 spiro atoms. The van der Waals surface area contributed by atoms with Crippen LogP contribution in [0.4, 0.5) is 0 Å². The fourth-order valence-electron chi connectivity index (χ4n) is 2.97. The fourth-order valence-corrected chi connectivity index (χ4v) is 4.15. The summed E-state index contributed by atoms with van der Waals surface area (Å²) in [4.78, 5) is 4.16. The first kappa shape index (κ1) is 22.0. The van der Waals surface area contributed by atoms with Crippen molar-refractivity contribution in [2.24, 2.45) is 0 Å². The van der Waals surface area contributed by atoms with Gasteiger partial charge in [-0.2, -0.15) is 11.8 Å². The zero-order chi connectivity index (χ0) is 19.5. The van der Waals surface area contributed by atoms with Crippen LogP contribution < -0.4 is 0 Å². The molecule has 0 radical (unpaired) electrons. The summed E-state index contributed by atoms with van der Waals surface area (Å²) in [6, 6.07) is 8.85. The van der Waals surface area contributed by atoms with Gasteiger partial charge in [-0.1, -0.05) is 71.2 Å². The predicted molar refractivity (Wildman–Crippen MR) is 117 cm³/mol. The number of hydrogen-bond acceptors (Lipinski definition) is 3. The molecule has 2 rings (SSSR count). The minimum absolute atomic E-state index is 0.198. The van der Waals surface area contributed by atoms with Gasteiger partial charge < -0.3 is 9.30 Å². The number of thioether (sulfide) groups is 1. The van der Waals surface area contributed by atoms with E-state index in [4.69, 9.17) is 4.74 Å². The van der Waals surface area contributed by atoms with Crippen molar-refractivity contribution in [2.75, 3.05) is 12.4 Å². The topological polar surface area (TPSA) is 27.1 Å². The first-order valence-electron chi connectivity index (χ1n) is 10.2. The maximum absolute atomic E-state index is 6.08. The number of unbranched alkanes of at least 4 members (excludes halogenated alkanes) is 3. The molecule has 1 heterocycles. The quantitative estimate of drug-likeness (QED) is 0.412. The molecule has 1 unspecified atom stereocenters. The van der Waals surface area contributed by atoms with Crippen molar-refractivity contribution in [3.8, 4) is 0 Å². The van der Waals surface area contributed by atoms with Crippen LogP contribution in [0, 0.1) is 0 Å². The number of ether oxygens (including phenoxy) is 1. The number of imidazole rings is 1. The Morgan fingerprint density at radius 2 is 1.89 bits per heavy atom. The normalized spacial score (nSPS) is 13.0. The van der Waals surface area contributed by atoms with Crippen molar-refractivity contribution >= 4 is 11.8 Å². The van der Waals surface area contributed by atoms with Gasteiger partial charge in [-0.15, -0.1) is 0 Å². The summed E-state index contributed by atoms with van der Waals surface area (Å²) in [6.07, 6.45) is 11.1. The van der Waals surface area contributed by atoms with Gasteiger partial charge in [0.05, 0.1) is 19.5 Å². The Balaban J connectivity index is 1.79. The summed E-state index contributed by atoms with van der Waals surface area (Å²) in [5, 5.41) is 0.467. The van der Waals surface area contributed by atoms with Crippen LogP contribution in [0.5, 0.6) is 0 Å². The minimum atomic E-state index is 0.198. The van der Waals surface area contributed by atoms with E-state index in [1.165, 1.54) is 42.6 Å². The molecule has 0 N–H and O–H groups in total. The summed E-state index contributed by atoms with van der Waals surface area (Å²) in [5.41, 5.74) is 2.81. The molecule has 150 valence electrons. The van der Waals surface area contributed by atoms with E-state index >= 15 is 0 Å². The Labute approximate surface area is 169 Å². The van der Waals surface area contributed by atoms with Crippen LogP contribution in [-0.2, 0) is 23.3 Å². The van der Waals surface area contributed by atoms with Gasteiger partial charge in [0.1, 0.15) is 0 Å². The van der Waals surface area contributed by atoms with E-state index < -0.39 is 0 Å². The number of benzene rings is 1. The number of aromatic nitrogens is 2. The third kappa shape index (κ3) is 8.52. The lowest BCUT2D eigenvalue weighted by Gasteiger charge is -2.20. The van der Waals surface area contributed by atoms with Crippen LogP contribution in [0.1, 0.15) is 64.5 Å². The predicted octanol–water partition coefficient (Wildman–Crippen LogP) is 6.08. The zero-order valence-electron chi connectivity index (χ0n) is 17.5.